The molecule has 0 bridgehead atoms. The van der Waals surface area contributed by atoms with Crippen LogP contribution in [0.3, 0.4) is 0 Å². The first-order valence-corrected chi connectivity index (χ1v) is 6.28. The van der Waals surface area contributed by atoms with Crippen molar-refractivity contribution in [2.45, 2.75) is 46.1 Å². The molecule has 0 heterocycles. The van der Waals surface area contributed by atoms with Crippen LogP contribution >= 0.6 is 0 Å². The third-order valence-corrected chi connectivity index (χ3v) is 2.65. The maximum absolute atomic E-state index is 11.9. The van der Waals surface area contributed by atoms with Crippen LogP contribution in [0.5, 0.6) is 0 Å². The Morgan fingerprint density at radius 1 is 1.31 bits per heavy atom. The lowest BCUT2D eigenvalue weighted by atomic mass is 10.1. The number of hydrogen-bond donors (Lipinski definition) is 1. The van der Waals surface area contributed by atoms with Gasteiger partial charge in [-0.15, -0.1) is 0 Å². The number of nitrogens with two attached hydrogens (primary N) is 1. The zero-order valence-corrected chi connectivity index (χ0v) is 10.9. The van der Waals surface area contributed by atoms with E-state index in [-0.39, 0.29) is 12.5 Å². The first-order valence-electron chi connectivity index (χ1n) is 6.28. The molecule has 0 aliphatic rings. The normalized spacial score (nSPS) is 10.8. The summed E-state index contributed by atoms with van der Waals surface area (Å²) in [6, 6.07) is 0.293. The average molecular weight is 230 g/mol. The van der Waals surface area contributed by atoms with E-state index >= 15 is 0 Å². The molecule has 0 aromatic rings. The fraction of sp³-hybridized carbons (Fsp3) is 0.917. The van der Waals surface area contributed by atoms with Gasteiger partial charge in [0, 0.05) is 25.7 Å². The maximum Gasteiger partial charge on any atom is 0.248 e. The predicted molar refractivity (Wildman–Crippen MR) is 66.2 cm³/mol. The molecule has 0 rings (SSSR count). The maximum atomic E-state index is 11.9. The van der Waals surface area contributed by atoms with Gasteiger partial charge >= 0.3 is 0 Å². The third kappa shape index (κ3) is 5.47. The summed E-state index contributed by atoms with van der Waals surface area (Å²) in [6.07, 6.45) is 2.88. The van der Waals surface area contributed by atoms with Crippen molar-refractivity contribution in [3.63, 3.8) is 0 Å². The largest absolute Gasteiger partial charge is 0.372 e. The Morgan fingerprint density at radius 2 is 1.94 bits per heavy atom. The Morgan fingerprint density at radius 3 is 2.38 bits per heavy atom. The summed E-state index contributed by atoms with van der Waals surface area (Å²) in [5.41, 5.74) is 5.53. The first kappa shape index (κ1) is 15.4. The van der Waals surface area contributed by atoms with Crippen LogP contribution < -0.4 is 5.73 Å². The molecule has 0 aromatic heterocycles. The van der Waals surface area contributed by atoms with Crippen LogP contribution in [0.15, 0.2) is 0 Å². The highest BCUT2D eigenvalue weighted by Gasteiger charge is 2.19. The topological polar surface area (TPSA) is 55.6 Å². The second-order valence-corrected chi connectivity index (χ2v) is 3.90. The van der Waals surface area contributed by atoms with Crippen molar-refractivity contribution in [1.29, 1.82) is 0 Å². The van der Waals surface area contributed by atoms with Gasteiger partial charge in [0.2, 0.25) is 5.91 Å². The number of rotatable bonds is 9. The van der Waals surface area contributed by atoms with Crippen LogP contribution in [0.25, 0.3) is 0 Å². The molecule has 2 N–H and O–H groups in total. The molecular weight excluding hydrogens is 204 g/mol. The predicted octanol–water partition coefficient (Wildman–Crippen LogP) is 1.39. The van der Waals surface area contributed by atoms with Crippen LogP contribution in [0.1, 0.15) is 40.0 Å². The van der Waals surface area contributed by atoms with E-state index in [1.807, 2.05) is 11.8 Å². The minimum Gasteiger partial charge on any atom is -0.372 e. The number of hydrogen-bond acceptors (Lipinski definition) is 3. The minimum atomic E-state index is 0.0626. The number of ether oxygens (including phenoxy) is 1. The number of amides is 1. The Bertz CT molecular complexity index is 182. The molecule has 0 radical (unpaired) electrons. The molecule has 0 aliphatic carbocycles. The van der Waals surface area contributed by atoms with Crippen molar-refractivity contribution < 1.29 is 9.53 Å². The summed E-state index contributed by atoms with van der Waals surface area (Å²) in [5.74, 6) is 0.0626. The molecular formula is C12H26N2O2. The van der Waals surface area contributed by atoms with Crippen LogP contribution in [-0.4, -0.2) is 43.2 Å². The van der Waals surface area contributed by atoms with Crippen molar-refractivity contribution in [2.75, 3.05) is 26.3 Å². The van der Waals surface area contributed by atoms with E-state index in [1.165, 1.54) is 0 Å². The number of carbonyl (C=O) groups is 1. The SMILES string of the molecule is CCCOCC(=O)N(CCN)C(CC)CC. The molecule has 0 unspecified atom stereocenters. The van der Waals surface area contributed by atoms with Crippen LogP contribution in [0.2, 0.25) is 0 Å². The Kier molecular flexibility index (Phi) is 9.24. The zero-order chi connectivity index (χ0) is 12.4. The van der Waals surface area contributed by atoms with Gasteiger partial charge in [-0.25, -0.2) is 0 Å². The quantitative estimate of drug-likeness (QED) is 0.609. The zero-order valence-electron chi connectivity index (χ0n) is 10.9. The second kappa shape index (κ2) is 9.60. The van der Waals surface area contributed by atoms with E-state index in [9.17, 15) is 4.79 Å². The monoisotopic (exact) mass is 230 g/mol. The lowest BCUT2D eigenvalue weighted by molar-refractivity contribution is -0.138. The summed E-state index contributed by atoms with van der Waals surface area (Å²) >= 11 is 0. The summed E-state index contributed by atoms with van der Waals surface area (Å²) < 4.78 is 5.28. The summed E-state index contributed by atoms with van der Waals surface area (Å²) in [7, 11) is 0. The lowest BCUT2D eigenvalue weighted by Crippen LogP contribution is -2.44. The number of carbonyl (C=O) groups excluding carboxylic acids is 1. The van der Waals surface area contributed by atoms with Crippen LogP contribution in [0, 0.1) is 0 Å². The third-order valence-electron chi connectivity index (χ3n) is 2.65. The average Bonchev–Trinajstić information content (AvgIpc) is 2.29. The van der Waals surface area contributed by atoms with Gasteiger partial charge in [0.25, 0.3) is 0 Å². The van der Waals surface area contributed by atoms with Crippen LogP contribution in [0.4, 0.5) is 0 Å². The van der Waals surface area contributed by atoms with E-state index in [0.717, 1.165) is 19.3 Å². The molecule has 16 heavy (non-hydrogen) atoms. The highest BCUT2D eigenvalue weighted by molar-refractivity contribution is 5.77. The van der Waals surface area contributed by atoms with Gasteiger partial charge in [-0.1, -0.05) is 20.8 Å². The Balaban J connectivity index is 4.21. The van der Waals surface area contributed by atoms with Gasteiger partial charge in [-0.3, -0.25) is 4.79 Å². The van der Waals surface area contributed by atoms with Crippen molar-refractivity contribution in [1.82, 2.24) is 4.90 Å². The van der Waals surface area contributed by atoms with Gasteiger partial charge in [0.05, 0.1) is 0 Å². The lowest BCUT2D eigenvalue weighted by Gasteiger charge is -2.30. The second-order valence-electron chi connectivity index (χ2n) is 3.90. The Labute approximate surface area is 99.1 Å². The summed E-state index contributed by atoms with van der Waals surface area (Å²) in [5, 5.41) is 0. The molecule has 0 saturated heterocycles. The van der Waals surface area contributed by atoms with Gasteiger partial charge in [0.1, 0.15) is 6.61 Å². The molecule has 0 spiro atoms. The highest BCUT2D eigenvalue weighted by atomic mass is 16.5. The first-order chi connectivity index (χ1) is 7.71. The van der Waals surface area contributed by atoms with Gasteiger partial charge in [-0.2, -0.15) is 0 Å². The highest BCUT2D eigenvalue weighted by Crippen LogP contribution is 2.08. The van der Waals surface area contributed by atoms with Crippen molar-refractivity contribution in [2.24, 2.45) is 5.73 Å². The molecule has 4 nitrogen and oxygen atoms in total. The molecule has 1 amide bonds. The summed E-state index contributed by atoms with van der Waals surface area (Å²) in [4.78, 5) is 13.8. The fourth-order valence-electron chi connectivity index (χ4n) is 1.77. The molecule has 0 atom stereocenters. The van der Waals surface area contributed by atoms with Crippen molar-refractivity contribution >= 4 is 5.91 Å². The van der Waals surface area contributed by atoms with E-state index in [4.69, 9.17) is 10.5 Å². The Hall–Kier alpha value is -0.610. The van der Waals surface area contributed by atoms with Crippen molar-refractivity contribution in [3.8, 4) is 0 Å². The molecule has 0 fully saturated rings. The van der Waals surface area contributed by atoms with E-state index in [2.05, 4.69) is 13.8 Å². The fourth-order valence-corrected chi connectivity index (χ4v) is 1.77. The number of nitrogens with zero attached hydrogens (tertiary/aromatic N) is 1. The molecule has 0 saturated carbocycles. The van der Waals surface area contributed by atoms with Gasteiger partial charge in [0.15, 0.2) is 0 Å². The standard InChI is InChI=1S/C12H26N2O2/c1-4-9-16-10-12(15)14(8-7-13)11(5-2)6-3/h11H,4-10,13H2,1-3H3. The van der Waals surface area contributed by atoms with Crippen molar-refractivity contribution in [3.05, 3.63) is 0 Å². The molecule has 0 aliphatic heterocycles. The van der Waals surface area contributed by atoms with E-state index in [1.54, 1.807) is 0 Å². The smallest absolute Gasteiger partial charge is 0.248 e. The van der Waals surface area contributed by atoms with Crippen LogP contribution in [-0.2, 0) is 9.53 Å². The molecule has 4 heteroatoms. The molecule has 0 aromatic carbocycles. The minimum absolute atomic E-state index is 0.0626. The van der Waals surface area contributed by atoms with Gasteiger partial charge < -0.3 is 15.4 Å². The van der Waals surface area contributed by atoms with E-state index < -0.39 is 0 Å². The summed E-state index contributed by atoms with van der Waals surface area (Å²) in [6.45, 7) is 8.19. The van der Waals surface area contributed by atoms with Gasteiger partial charge in [-0.05, 0) is 19.3 Å². The molecule has 96 valence electrons. The van der Waals surface area contributed by atoms with E-state index in [0.29, 0.717) is 25.7 Å².